The van der Waals surface area contributed by atoms with Crippen molar-refractivity contribution in [3.05, 3.63) is 63.7 Å². The molecule has 0 fully saturated rings. The van der Waals surface area contributed by atoms with Crippen LogP contribution in [0.15, 0.2) is 47.4 Å². The lowest BCUT2D eigenvalue weighted by Gasteiger charge is -2.12. The summed E-state index contributed by atoms with van der Waals surface area (Å²) in [5.41, 5.74) is 1.00. The fourth-order valence-electron chi connectivity index (χ4n) is 2.26. The summed E-state index contributed by atoms with van der Waals surface area (Å²) < 4.78 is 31.5. The van der Waals surface area contributed by atoms with E-state index in [9.17, 15) is 23.3 Å². The topological polar surface area (TPSA) is 128 Å². The molecule has 0 amide bonds. The van der Waals surface area contributed by atoms with Gasteiger partial charge in [0, 0.05) is 30.9 Å². The summed E-state index contributed by atoms with van der Waals surface area (Å²) in [5, 5.41) is 13.7. The Labute approximate surface area is 156 Å². The maximum atomic E-state index is 12.2. The van der Waals surface area contributed by atoms with Gasteiger partial charge in [-0.2, -0.15) is 0 Å². The fraction of sp³-hybridized carbons (Fsp3) is 0.235. The van der Waals surface area contributed by atoms with Crippen LogP contribution in [0.1, 0.15) is 15.9 Å². The highest BCUT2D eigenvalue weighted by molar-refractivity contribution is 7.89. The standard InChI is InChI=1S/C17H19N3O6S/c1-12-3-6-14(7-4-12)27(24,25)19-10-9-18-16-8-5-13(20(22)23)11-15(16)17(21)26-2/h3-8,11,18-19H,9-10H2,1-2H3. The first kappa shape index (κ1) is 20.3. The Morgan fingerprint density at radius 1 is 1.15 bits per heavy atom. The smallest absolute Gasteiger partial charge is 0.340 e. The molecule has 0 spiro atoms. The number of esters is 1. The van der Waals surface area contributed by atoms with Crippen molar-refractivity contribution in [2.24, 2.45) is 0 Å². The van der Waals surface area contributed by atoms with Crippen LogP contribution in [0, 0.1) is 17.0 Å². The first-order chi connectivity index (χ1) is 12.7. The second-order valence-electron chi connectivity index (χ2n) is 5.62. The molecule has 2 aromatic rings. The van der Waals surface area contributed by atoms with E-state index in [0.29, 0.717) is 5.69 Å². The second kappa shape index (κ2) is 8.60. The van der Waals surface area contributed by atoms with Gasteiger partial charge in [0.1, 0.15) is 0 Å². The minimum absolute atomic E-state index is 0.00640. The number of nitrogens with one attached hydrogen (secondary N) is 2. The van der Waals surface area contributed by atoms with Gasteiger partial charge in [0.15, 0.2) is 0 Å². The predicted octanol–water partition coefficient (Wildman–Crippen LogP) is 2.08. The minimum atomic E-state index is -3.65. The lowest BCUT2D eigenvalue weighted by molar-refractivity contribution is -0.384. The molecule has 27 heavy (non-hydrogen) atoms. The van der Waals surface area contributed by atoms with Gasteiger partial charge in [-0.1, -0.05) is 17.7 Å². The lowest BCUT2D eigenvalue weighted by atomic mass is 10.1. The number of sulfonamides is 1. The number of methoxy groups -OCH3 is 1. The van der Waals surface area contributed by atoms with Crippen LogP contribution in [0.2, 0.25) is 0 Å². The molecule has 0 unspecified atom stereocenters. The Hall–Kier alpha value is -2.98. The average molecular weight is 393 g/mol. The molecular formula is C17H19N3O6S. The highest BCUT2D eigenvalue weighted by Crippen LogP contribution is 2.22. The molecule has 0 atom stereocenters. The number of carbonyl (C=O) groups is 1. The zero-order valence-electron chi connectivity index (χ0n) is 14.8. The van der Waals surface area contributed by atoms with E-state index in [-0.39, 0.29) is 29.2 Å². The number of rotatable bonds is 8. The molecule has 0 radical (unpaired) electrons. The summed E-state index contributed by atoms with van der Waals surface area (Å²) >= 11 is 0. The number of nitro benzene ring substituents is 1. The van der Waals surface area contributed by atoms with E-state index >= 15 is 0 Å². The van der Waals surface area contributed by atoms with Gasteiger partial charge in [0.2, 0.25) is 10.0 Å². The number of nitrogens with zero attached hydrogens (tertiary/aromatic N) is 1. The quantitative estimate of drug-likeness (QED) is 0.304. The number of aryl methyl sites for hydroxylation is 1. The maximum absolute atomic E-state index is 12.2. The second-order valence-corrected chi connectivity index (χ2v) is 7.38. The van der Waals surface area contributed by atoms with Crippen molar-refractivity contribution in [2.45, 2.75) is 11.8 Å². The zero-order chi connectivity index (χ0) is 20.0. The van der Waals surface area contributed by atoms with Crippen LogP contribution in [0.25, 0.3) is 0 Å². The normalized spacial score (nSPS) is 11.0. The number of hydrogen-bond acceptors (Lipinski definition) is 7. The van der Waals surface area contributed by atoms with Crippen molar-refractivity contribution in [3.63, 3.8) is 0 Å². The number of hydrogen-bond donors (Lipinski definition) is 2. The summed E-state index contributed by atoms with van der Waals surface area (Å²) in [4.78, 5) is 22.2. The average Bonchev–Trinajstić information content (AvgIpc) is 2.64. The van der Waals surface area contributed by atoms with Gasteiger partial charge in [-0.05, 0) is 25.1 Å². The van der Waals surface area contributed by atoms with Crippen LogP contribution in [0.3, 0.4) is 0 Å². The minimum Gasteiger partial charge on any atom is -0.465 e. The van der Waals surface area contributed by atoms with Gasteiger partial charge in [0.25, 0.3) is 5.69 Å². The van der Waals surface area contributed by atoms with E-state index in [4.69, 9.17) is 0 Å². The Kier molecular flexibility index (Phi) is 6.48. The fourth-order valence-corrected chi connectivity index (χ4v) is 3.29. The molecule has 0 aliphatic rings. The molecule has 0 bridgehead atoms. The number of non-ortho nitro benzene ring substituents is 1. The summed E-state index contributed by atoms with van der Waals surface area (Å²) in [6.45, 7) is 2.07. The third kappa shape index (κ3) is 5.25. The Morgan fingerprint density at radius 2 is 1.81 bits per heavy atom. The molecule has 0 saturated carbocycles. The van der Waals surface area contributed by atoms with Crippen molar-refractivity contribution in [1.29, 1.82) is 0 Å². The van der Waals surface area contributed by atoms with Crippen LogP contribution >= 0.6 is 0 Å². The third-order valence-corrected chi connectivity index (χ3v) is 5.16. The molecular weight excluding hydrogens is 374 g/mol. The van der Waals surface area contributed by atoms with E-state index in [0.717, 1.165) is 11.6 Å². The highest BCUT2D eigenvalue weighted by atomic mass is 32.2. The highest BCUT2D eigenvalue weighted by Gasteiger charge is 2.17. The molecule has 2 N–H and O–H groups in total. The molecule has 0 aliphatic carbocycles. The number of anilines is 1. The first-order valence-electron chi connectivity index (χ1n) is 7.91. The van der Waals surface area contributed by atoms with Gasteiger partial charge in [-0.3, -0.25) is 10.1 Å². The number of carbonyl (C=O) groups excluding carboxylic acids is 1. The van der Waals surface area contributed by atoms with E-state index < -0.39 is 20.9 Å². The van der Waals surface area contributed by atoms with Crippen LogP contribution in [0.5, 0.6) is 0 Å². The summed E-state index contributed by atoms with van der Waals surface area (Å²) in [6, 6.07) is 10.1. The summed E-state index contributed by atoms with van der Waals surface area (Å²) in [6.07, 6.45) is 0. The summed E-state index contributed by atoms with van der Waals surface area (Å²) in [7, 11) is -2.48. The van der Waals surface area contributed by atoms with Gasteiger partial charge in [-0.25, -0.2) is 17.9 Å². The third-order valence-electron chi connectivity index (χ3n) is 3.68. The molecule has 9 nitrogen and oxygen atoms in total. The van der Waals surface area contributed by atoms with E-state index in [1.54, 1.807) is 12.1 Å². The largest absolute Gasteiger partial charge is 0.465 e. The molecule has 0 aromatic heterocycles. The Morgan fingerprint density at radius 3 is 2.41 bits per heavy atom. The van der Waals surface area contributed by atoms with Gasteiger partial charge >= 0.3 is 5.97 Å². The van der Waals surface area contributed by atoms with Crippen molar-refractivity contribution in [1.82, 2.24) is 4.72 Å². The van der Waals surface area contributed by atoms with Crippen molar-refractivity contribution in [3.8, 4) is 0 Å². The molecule has 2 rings (SSSR count). The van der Waals surface area contributed by atoms with Gasteiger partial charge in [0.05, 0.1) is 22.5 Å². The maximum Gasteiger partial charge on any atom is 0.340 e. The zero-order valence-corrected chi connectivity index (χ0v) is 15.6. The summed E-state index contributed by atoms with van der Waals surface area (Å²) in [5.74, 6) is -0.735. The van der Waals surface area contributed by atoms with Crippen molar-refractivity contribution < 1.29 is 22.9 Å². The van der Waals surface area contributed by atoms with Crippen LogP contribution in [-0.2, 0) is 14.8 Å². The Balaban J connectivity index is 2.03. The lowest BCUT2D eigenvalue weighted by Crippen LogP contribution is -2.29. The van der Waals surface area contributed by atoms with E-state index in [1.165, 1.54) is 31.4 Å². The molecule has 0 saturated heterocycles. The SMILES string of the molecule is COC(=O)c1cc([N+](=O)[O-])ccc1NCCNS(=O)(=O)c1ccc(C)cc1. The van der Waals surface area contributed by atoms with Gasteiger partial charge < -0.3 is 10.1 Å². The van der Waals surface area contributed by atoms with Crippen molar-refractivity contribution in [2.75, 3.05) is 25.5 Å². The number of ether oxygens (including phenoxy) is 1. The van der Waals surface area contributed by atoms with E-state index in [1.807, 2.05) is 6.92 Å². The monoisotopic (exact) mass is 393 g/mol. The van der Waals surface area contributed by atoms with Crippen LogP contribution in [-0.4, -0.2) is 39.5 Å². The molecule has 0 heterocycles. The van der Waals surface area contributed by atoms with Crippen molar-refractivity contribution >= 4 is 27.4 Å². The molecule has 144 valence electrons. The van der Waals surface area contributed by atoms with Gasteiger partial charge in [-0.15, -0.1) is 0 Å². The first-order valence-corrected chi connectivity index (χ1v) is 9.40. The molecule has 0 aliphatic heterocycles. The Bertz CT molecular complexity index is 942. The molecule has 2 aromatic carbocycles. The molecule has 10 heteroatoms. The number of nitro groups is 1. The van der Waals surface area contributed by atoms with Crippen LogP contribution < -0.4 is 10.0 Å². The number of benzene rings is 2. The predicted molar refractivity (Wildman–Crippen MR) is 99.3 cm³/mol. The van der Waals surface area contributed by atoms with Crippen LogP contribution in [0.4, 0.5) is 11.4 Å². The van der Waals surface area contributed by atoms with E-state index in [2.05, 4.69) is 14.8 Å².